The zero-order valence-corrected chi connectivity index (χ0v) is 12.6. The number of hydrogen-bond acceptors (Lipinski definition) is 4. The van der Waals surface area contributed by atoms with Crippen molar-refractivity contribution in [3.8, 4) is 11.5 Å². The quantitative estimate of drug-likeness (QED) is 0.844. The lowest BCUT2D eigenvalue weighted by Crippen LogP contribution is -2.65. The Morgan fingerprint density at radius 3 is 2.36 bits per heavy atom. The average Bonchev–Trinajstić information content (AvgIpc) is 2.63. The van der Waals surface area contributed by atoms with E-state index in [1.165, 1.54) is 32.9 Å². The third kappa shape index (κ3) is 3.32. The lowest BCUT2D eigenvalue weighted by Gasteiger charge is -2.30. The summed E-state index contributed by atoms with van der Waals surface area (Å²) in [6, 6.07) is 3.70. The minimum absolute atomic E-state index is 0.164. The number of amides is 1. The summed E-state index contributed by atoms with van der Waals surface area (Å²) in [7, 11) is 0. The molecule has 0 bridgehead atoms. The standard InChI is InChI=1S/C13H13ClF3NO4/c1-11(2,3)22-10(19)18-13(12(15,16)17)20-8-5-4-7(14)6-9(8)21-13/h4-6H,1-3H3,(H,18,19)/t13-/m1/s1. The van der Waals surface area contributed by atoms with Gasteiger partial charge in [0.2, 0.25) is 0 Å². The van der Waals surface area contributed by atoms with Crippen LogP contribution in [0.2, 0.25) is 5.02 Å². The lowest BCUT2D eigenvalue weighted by molar-refractivity contribution is -0.319. The first-order chi connectivity index (χ1) is 9.92. The fourth-order valence-corrected chi connectivity index (χ4v) is 1.81. The third-order valence-corrected chi connectivity index (χ3v) is 2.69. The van der Waals surface area contributed by atoms with Gasteiger partial charge in [0.15, 0.2) is 11.5 Å². The molecule has 1 aromatic rings. The molecule has 122 valence electrons. The van der Waals surface area contributed by atoms with Gasteiger partial charge in [-0.2, -0.15) is 13.2 Å². The van der Waals surface area contributed by atoms with Crippen molar-refractivity contribution >= 4 is 17.7 Å². The highest BCUT2D eigenvalue weighted by Crippen LogP contribution is 2.46. The van der Waals surface area contributed by atoms with Crippen molar-refractivity contribution in [2.75, 3.05) is 0 Å². The number of hydrogen-bond donors (Lipinski definition) is 1. The molecule has 0 unspecified atom stereocenters. The molecule has 1 N–H and O–H groups in total. The summed E-state index contributed by atoms with van der Waals surface area (Å²) in [6.45, 7) is 4.53. The minimum atomic E-state index is -5.05. The van der Waals surface area contributed by atoms with Crippen LogP contribution in [-0.4, -0.2) is 23.8 Å². The highest BCUT2D eigenvalue weighted by atomic mass is 35.5. The minimum Gasteiger partial charge on any atom is -0.444 e. The Balaban J connectivity index is 2.28. The maximum Gasteiger partial charge on any atom is 0.492 e. The first-order valence-electron chi connectivity index (χ1n) is 6.17. The second-order valence-electron chi connectivity index (χ2n) is 5.54. The van der Waals surface area contributed by atoms with Crippen LogP contribution in [0.1, 0.15) is 20.8 Å². The molecule has 0 saturated heterocycles. The molecule has 1 atom stereocenters. The van der Waals surface area contributed by atoms with E-state index in [0.29, 0.717) is 0 Å². The first-order valence-corrected chi connectivity index (χ1v) is 6.55. The number of alkyl carbamates (subject to hydrolysis) is 1. The van der Waals surface area contributed by atoms with E-state index in [1.807, 2.05) is 0 Å². The highest BCUT2D eigenvalue weighted by molar-refractivity contribution is 6.30. The van der Waals surface area contributed by atoms with E-state index in [4.69, 9.17) is 25.8 Å². The molecule has 1 aromatic carbocycles. The maximum atomic E-state index is 13.3. The van der Waals surface area contributed by atoms with Gasteiger partial charge in [-0.15, -0.1) is 0 Å². The molecule has 0 spiro atoms. The van der Waals surface area contributed by atoms with E-state index in [9.17, 15) is 18.0 Å². The Kier molecular flexibility index (Phi) is 3.85. The monoisotopic (exact) mass is 339 g/mol. The zero-order chi connectivity index (χ0) is 16.8. The molecular formula is C13H13ClF3NO4. The molecule has 2 rings (SSSR count). The van der Waals surface area contributed by atoms with Gasteiger partial charge in [-0.05, 0) is 32.9 Å². The second-order valence-corrected chi connectivity index (χ2v) is 5.97. The van der Waals surface area contributed by atoms with E-state index in [-0.39, 0.29) is 16.5 Å². The number of halogens is 4. The zero-order valence-electron chi connectivity index (χ0n) is 11.9. The summed E-state index contributed by atoms with van der Waals surface area (Å²) in [6.07, 6.45) is -6.38. The normalized spacial score (nSPS) is 20.7. The average molecular weight is 340 g/mol. The summed E-state index contributed by atoms with van der Waals surface area (Å²) in [5, 5.41) is 1.75. The molecular weight excluding hydrogens is 327 g/mol. The Morgan fingerprint density at radius 1 is 1.23 bits per heavy atom. The molecule has 0 radical (unpaired) electrons. The van der Waals surface area contributed by atoms with Crippen molar-refractivity contribution in [2.24, 2.45) is 0 Å². The van der Waals surface area contributed by atoms with Crippen molar-refractivity contribution < 1.29 is 32.2 Å². The van der Waals surface area contributed by atoms with Crippen LogP contribution in [0.3, 0.4) is 0 Å². The largest absolute Gasteiger partial charge is 0.492 e. The van der Waals surface area contributed by atoms with Gasteiger partial charge in [0.05, 0.1) is 0 Å². The number of benzene rings is 1. The van der Waals surface area contributed by atoms with Crippen LogP contribution in [0.4, 0.5) is 18.0 Å². The number of rotatable bonds is 1. The smallest absolute Gasteiger partial charge is 0.444 e. The molecule has 5 nitrogen and oxygen atoms in total. The van der Waals surface area contributed by atoms with Gasteiger partial charge in [0, 0.05) is 11.1 Å². The number of alkyl halides is 3. The molecule has 0 aliphatic carbocycles. The van der Waals surface area contributed by atoms with Crippen LogP contribution < -0.4 is 14.8 Å². The number of carbonyl (C=O) groups excluding carboxylic acids is 1. The molecule has 9 heteroatoms. The first kappa shape index (κ1) is 16.5. The molecule has 0 saturated carbocycles. The van der Waals surface area contributed by atoms with Gasteiger partial charge in [-0.25, -0.2) is 10.1 Å². The van der Waals surface area contributed by atoms with E-state index < -0.39 is 23.8 Å². The van der Waals surface area contributed by atoms with Gasteiger partial charge < -0.3 is 14.2 Å². The van der Waals surface area contributed by atoms with Gasteiger partial charge in [0.1, 0.15) is 5.60 Å². The fourth-order valence-electron chi connectivity index (χ4n) is 1.65. The van der Waals surface area contributed by atoms with Crippen LogP contribution in [0.25, 0.3) is 0 Å². The molecule has 1 aliphatic rings. The Bertz CT molecular complexity index is 600. The van der Waals surface area contributed by atoms with Crippen LogP contribution in [0.15, 0.2) is 18.2 Å². The van der Waals surface area contributed by atoms with Crippen LogP contribution >= 0.6 is 11.6 Å². The molecule has 1 amide bonds. The van der Waals surface area contributed by atoms with Crippen molar-refractivity contribution in [3.05, 3.63) is 23.2 Å². The molecule has 0 fully saturated rings. The van der Waals surface area contributed by atoms with Gasteiger partial charge >= 0.3 is 18.2 Å². The number of fused-ring (bicyclic) bond motifs is 1. The lowest BCUT2D eigenvalue weighted by atomic mass is 10.2. The second kappa shape index (κ2) is 5.12. The van der Waals surface area contributed by atoms with Gasteiger partial charge in [0.25, 0.3) is 0 Å². The van der Waals surface area contributed by atoms with E-state index >= 15 is 0 Å². The molecule has 22 heavy (non-hydrogen) atoms. The van der Waals surface area contributed by atoms with E-state index in [2.05, 4.69) is 0 Å². The topological polar surface area (TPSA) is 56.8 Å². The van der Waals surface area contributed by atoms with Crippen molar-refractivity contribution in [2.45, 2.75) is 38.5 Å². The summed E-state index contributed by atoms with van der Waals surface area (Å²) in [5.74, 6) is -3.79. The van der Waals surface area contributed by atoms with Crippen molar-refractivity contribution in [1.82, 2.24) is 5.32 Å². The SMILES string of the molecule is CC(C)(C)OC(=O)N[C@]1(C(F)(F)F)Oc2ccc(Cl)cc2O1. The van der Waals surface area contributed by atoms with Gasteiger partial charge in [-0.3, -0.25) is 0 Å². The molecule has 1 aliphatic heterocycles. The number of nitrogens with one attached hydrogen (secondary N) is 1. The molecule has 0 aromatic heterocycles. The number of ether oxygens (including phenoxy) is 3. The van der Waals surface area contributed by atoms with Crippen LogP contribution in [0, 0.1) is 0 Å². The predicted octanol–water partition coefficient (Wildman–Crippen LogP) is 3.85. The van der Waals surface area contributed by atoms with Crippen LogP contribution in [0.5, 0.6) is 11.5 Å². The summed E-state index contributed by atoms with van der Waals surface area (Å²) in [4.78, 5) is 11.7. The Morgan fingerprint density at radius 2 is 1.82 bits per heavy atom. The van der Waals surface area contributed by atoms with Crippen molar-refractivity contribution in [3.63, 3.8) is 0 Å². The fraction of sp³-hybridized carbons (Fsp3) is 0.462. The van der Waals surface area contributed by atoms with Crippen molar-refractivity contribution in [1.29, 1.82) is 0 Å². The van der Waals surface area contributed by atoms with E-state index in [1.54, 1.807) is 5.32 Å². The summed E-state index contributed by atoms with van der Waals surface area (Å²) >= 11 is 5.69. The summed E-state index contributed by atoms with van der Waals surface area (Å²) in [5.41, 5.74) is -0.981. The predicted molar refractivity (Wildman–Crippen MR) is 70.9 cm³/mol. The number of carbonyl (C=O) groups is 1. The summed E-state index contributed by atoms with van der Waals surface area (Å²) < 4.78 is 54.3. The Hall–Kier alpha value is -1.83. The Labute approximate surface area is 129 Å². The highest BCUT2D eigenvalue weighted by Gasteiger charge is 2.66. The third-order valence-electron chi connectivity index (χ3n) is 2.45. The van der Waals surface area contributed by atoms with Crippen LogP contribution in [-0.2, 0) is 4.74 Å². The molecule has 1 heterocycles. The van der Waals surface area contributed by atoms with Gasteiger partial charge in [-0.1, -0.05) is 11.6 Å². The van der Waals surface area contributed by atoms with E-state index in [0.717, 1.165) is 6.07 Å². The maximum absolute atomic E-state index is 13.3.